The maximum atomic E-state index is 11.1. The molecule has 2 aromatic carbocycles. The first-order valence-corrected chi connectivity index (χ1v) is 10.8. The Morgan fingerprint density at radius 2 is 1.52 bits per heavy atom. The van der Waals surface area contributed by atoms with Gasteiger partial charge in [-0.3, -0.25) is 4.79 Å². The van der Waals surface area contributed by atoms with Crippen LogP contribution in [-0.4, -0.2) is 5.91 Å². The molecule has 0 heterocycles. The van der Waals surface area contributed by atoms with E-state index in [0.29, 0.717) is 0 Å². The van der Waals surface area contributed by atoms with E-state index in [1.165, 1.54) is 59.6 Å². The highest BCUT2D eigenvalue weighted by Gasteiger charge is 2.48. The van der Waals surface area contributed by atoms with Crippen LogP contribution in [-0.2, 0) is 21.0 Å². The summed E-state index contributed by atoms with van der Waals surface area (Å²) < 4.78 is 0. The van der Waals surface area contributed by atoms with Gasteiger partial charge < -0.3 is 5.73 Å². The van der Waals surface area contributed by atoms with E-state index in [-0.39, 0.29) is 16.2 Å². The van der Waals surface area contributed by atoms with Crippen LogP contribution in [0, 0.1) is 6.92 Å². The molecule has 1 amide bonds. The van der Waals surface area contributed by atoms with Gasteiger partial charge in [-0.05, 0) is 82.9 Å². The fourth-order valence-corrected chi connectivity index (χ4v) is 5.19. The Hall–Kier alpha value is -2.35. The first-order chi connectivity index (χ1) is 13.6. The molecule has 1 saturated carbocycles. The maximum absolute atomic E-state index is 11.1. The van der Waals surface area contributed by atoms with Crippen LogP contribution < -0.4 is 5.73 Å². The molecule has 1 fully saturated rings. The highest BCUT2D eigenvalue weighted by molar-refractivity contribution is 5.90. The molecule has 2 N–H and O–H groups in total. The Morgan fingerprint density at radius 3 is 2.10 bits per heavy atom. The van der Waals surface area contributed by atoms with E-state index in [4.69, 9.17) is 5.73 Å². The van der Waals surface area contributed by atoms with Crippen molar-refractivity contribution in [1.82, 2.24) is 0 Å². The molecule has 0 radical (unpaired) electrons. The molecular formula is C27H33NO. The predicted molar refractivity (Wildman–Crippen MR) is 121 cm³/mol. The van der Waals surface area contributed by atoms with Crippen LogP contribution in [0.3, 0.4) is 0 Å². The third kappa shape index (κ3) is 3.43. The summed E-state index contributed by atoms with van der Waals surface area (Å²) in [6.07, 6.45) is 8.08. The van der Waals surface area contributed by atoms with Crippen LogP contribution in [0.1, 0.15) is 86.8 Å². The standard InChI is InChI=1S/C27H33NO/c1-18-15-22-23(26(4,5)12-11-25(22,2)3)17-21(18)27(13-14-27)20-8-6-7-19(16-20)9-10-24(28)29/h6-10,15-17H,11-14H2,1-5H3,(H2,28,29)/b10-9+. The van der Waals surface area contributed by atoms with Crippen LogP contribution in [0.15, 0.2) is 42.5 Å². The summed E-state index contributed by atoms with van der Waals surface area (Å²) in [7, 11) is 0. The Kier molecular flexibility index (Phi) is 4.53. The lowest BCUT2D eigenvalue weighted by molar-refractivity contribution is -0.113. The van der Waals surface area contributed by atoms with Gasteiger partial charge >= 0.3 is 0 Å². The van der Waals surface area contributed by atoms with Crippen molar-refractivity contribution in [2.45, 2.75) is 76.5 Å². The molecular weight excluding hydrogens is 354 g/mol. The number of carbonyl (C=O) groups excluding carboxylic acids is 1. The molecule has 152 valence electrons. The molecule has 0 spiro atoms. The van der Waals surface area contributed by atoms with Gasteiger partial charge in [0.1, 0.15) is 0 Å². The van der Waals surface area contributed by atoms with Crippen LogP contribution in [0.4, 0.5) is 0 Å². The third-order valence-corrected chi connectivity index (χ3v) is 7.34. The van der Waals surface area contributed by atoms with E-state index in [1.807, 2.05) is 12.1 Å². The zero-order valence-electron chi connectivity index (χ0n) is 18.4. The van der Waals surface area contributed by atoms with Gasteiger partial charge in [0.25, 0.3) is 0 Å². The Bertz CT molecular complexity index is 1010. The minimum absolute atomic E-state index is 0.105. The lowest BCUT2D eigenvalue weighted by atomic mass is 9.62. The lowest BCUT2D eigenvalue weighted by Gasteiger charge is -2.43. The third-order valence-electron chi connectivity index (χ3n) is 7.34. The molecule has 0 bridgehead atoms. The SMILES string of the molecule is Cc1cc2c(cc1C1(c3cccc(/C=C/C(N)=O)c3)CC1)C(C)(C)CCC2(C)C. The van der Waals surface area contributed by atoms with Crippen molar-refractivity contribution >= 4 is 12.0 Å². The van der Waals surface area contributed by atoms with Gasteiger partial charge in [-0.15, -0.1) is 0 Å². The number of primary amides is 1. The quantitative estimate of drug-likeness (QED) is 0.650. The highest BCUT2D eigenvalue weighted by atomic mass is 16.1. The maximum Gasteiger partial charge on any atom is 0.241 e. The van der Waals surface area contributed by atoms with Crippen LogP contribution >= 0.6 is 0 Å². The van der Waals surface area contributed by atoms with Gasteiger partial charge in [0.2, 0.25) is 5.91 Å². The van der Waals surface area contributed by atoms with Crippen molar-refractivity contribution in [3.8, 4) is 0 Å². The zero-order valence-corrected chi connectivity index (χ0v) is 18.4. The predicted octanol–water partition coefficient (Wildman–Crippen LogP) is 5.92. The van der Waals surface area contributed by atoms with Gasteiger partial charge in [-0.1, -0.05) is 64.1 Å². The number of amides is 1. The number of fused-ring (bicyclic) bond motifs is 1. The second kappa shape index (κ2) is 6.58. The van der Waals surface area contributed by atoms with Gasteiger partial charge in [-0.25, -0.2) is 0 Å². The van der Waals surface area contributed by atoms with Crippen LogP contribution in [0.2, 0.25) is 0 Å². The van der Waals surface area contributed by atoms with Gasteiger partial charge in [-0.2, -0.15) is 0 Å². The molecule has 2 aliphatic carbocycles. The second-order valence-electron chi connectivity index (χ2n) is 10.4. The number of carbonyl (C=O) groups is 1. The van der Waals surface area contributed by atoms with Crippen molar-refractivity contribution in [1.29, 1.82) is 0 Å². The molecule has 2 heteroatoms. The summed E-state index contributed by atoms with van der Waals surface area (Å²) in [5, 5.41) is 0. The molecule has 2 aromatic rings. The Labute approximate surface area is 175 Å². The number of nitrogens with two attached hydrogens (primary N) is 1. The molecule has 0 unspecified atom stereocenters. The smallest absolute Gasteiger partial charge is 0.241 e. The molecule has 4 rings (SSSR count). The lowest BCUT2D eigenvalue weighted by Crippen LogP contribution is -2.34. The first kappa shape index (κ1) is 19.9. The van der Waals surface area contributed by atoms with Crippen LogP contribution in [0.25, 0.3) is 6.08 Å². The Morgan fingerprint density at radius 1 is 0.897 bits per heavy atom. The van der Waals surface area contributed by atoms with E-state index in [9.17, 15) is 4.79 Å². The Balaban J connectivity index is 1.82. The highest BCUT2D eigenvalue weighted by Crippen LogP contribution is 2.56. The van der Waals surface area contributed by atoms with Crippen molar-refractivity contribution in [2.24, 2.45) is 5.73 Å². The van der Waals surface area contributed by atoms with Crippen molar-refractivity contribution in [2.75, 3.05) is 0 Å². The van der Waals surface area contributed by atoms with E-state index in [1.54, 1.807) is 0 Å². The minimum atomic E-state index is -0.410. The van der Waals surface area contributed by atoms with E-state index in [0.717, 1.165) is 5.56 Å². The number of benzene rings is 2. The summed E-state index contributed by atoms with van der Waals surface area (Å²) in [5.74, 6) is -0.410. The minimum Gasteiger partial charge on any atom is -0.366 e. The average Bonchev–Trinajstić information content (AvgIpc) is 3.46. The topological polar surface area (TPSA) is 43.1 Å². The number of aryl methyl sites for hydroxylation is 1. The van der Waals surface area contributed by atoms with Gasteiger partial charge in [0, 0.05) is 11.5 Å². The summed E-state index contributed by atoms with van der Waals surface area (Å²) in [6.45, 7) is 11.9. The summed E-state index contributed by atoms with van der Waals surface area (Å²) in [5.41, 5.74) is 14.2. The number of hydrogen-bond donors (Lipinski definition) is 1. The summed E-state index contributed by atoms with van der Waals surface area (Å²) in [4.78, 5) is 11.1. The fraction of sp³-hybridized carbons (Fsp3) is 0.444. The monoisotopic (exact) mass is 387 g/mol. The molecule has 0 aliphatic heterocycles. The molecule has 2 nitrogen and oxygen atoms in total. The molecule has 29 heavy (non-hydrogen) atoms. The zero-order chi connectivity index (χ0) is 21.0. The summed E-state index contributed by atoms with van der Waals surface area (Å²) >= 11 is 0. The largest absolute Gasteiger partial charge is 0.366 e. The first-order valence-electron chi connectivity index (χ1n) is 10.8. The van der Waals surface area contributed by atoms with Crippen molar-refractivity contribution in [3.05, 3.63) is 75.9 Å². The van der Waals surface area contributed by atoms with Crippen molar-refractivity contribution < 1.29 is 4.79 Å². The second-order valence-corrected chi connectivity index (χ2v) is 10.4. The van der Waals surface area contributed by atoms with Gasteiger partial charge in [0.15, 0.2) is 0 Å². The summed E-state index contributed by atoms with van der Waals surface area (Å²) in [6, 6.07) is 13.6. The van der Waals surface area contributed by atoms with Crippen molar-refractivity contribution in [3.63, 3.8) is 0 Å². The average molecular weight is 388 g/mol. The number of hydrogen-bond acceptors (Lipinski definition) is 1. The molecule has 2 aliphatic rings. The molecule has 0 aromatic heterocycles. The fourth-order valence-electron chi connectivity index (χ4n) is 5.19. The molecule has 0 saturated heterocycles. The van der Waals surface area contributed by atoms with E-state index < -0.39 is 5.91 Å². The van der Waals surface area contributed by atoms with Crippen LogP contribution in [0.5, 0.6) is 0 Å². The van der Waals surface area contributed by atoms with E-state index >= 15 is 0 Å². The van der Waals surface area contributed by atoms with Gasteiger partial charge in [0.05, 0.1) is 0 Å². The van der Waals surface area contributed by atoms with E-state index in [2.05, 4.69) is 65.0 Å². The molecule has 0 atom stereocenters. The normalized spacial score (nSPS) is 21.0. The number of rotatable bonds is 4.